The van der Waals surface area contributed by atoms with Crippen molar-refractivity contribution in [2.45, 2.75) is 50.7 Å². The van der Waals surface area contributed by atoms with Crippen LogP contribution in [0.2, 0.25) is 0 Å². The van der Waals surface area contributed by atoms with Crippen LogP contribution in [0.15, 0.2) is 12.4 Å². The van der Waals surface area contributed by atoms with Gasteiger partial charge in [0.25, 0.3) is 0 Å². The van der Waals surface area contributed by atoms with E-state index in [0.29, 0.717) is 25.0 Å². The summed E-state index contributed by atoms with van der Waals surface area (Å²) < 4.78 is 1.68. The summed E-state index contributed by atoms with van der Waals surface area (Å²) in [6.45, 7) is 0.595. The highest BCUT2D eigenvalue weighted by atomic mass is 16.1. The van der Waals surface area contributed by atoms with Crippen molar-refractivity contribution in [1.29, 1.82) is 0 Å². The number of carbonyl (C=O) groups excluding carboxylic acids is 1. The molecule has 0 atom stereocenters. The second-order valence-corrected chi connectivity index (χ2v) is 4.82. The van der Waals surface area contributed by atoms with Gasteiger partial charge in [-0.2, -0.15) is 0 Å². The summed E-state index contributed by atoms with van der Waals surface area (Å²) >= 11 is 0. The summed E-state index contributed by atoms with van der Waals surface area (Å²) in [6, 6.07) is 0.964. The van der Waals surface area contributed by atoms with Crippen molar-refractivity contribution in [2.75, 3.05) is 7.05 Å². The zero-order valence-corrected chi connectivity index (χ0v) is 10.8. The number of hydrogen-bond acceptors (Lipinski definition) is 4. The van der Waals surface area contributed by atoms with Gasteiger partial charge in [-0.15, -0.1) is 5.10 Å². The fourth-order valence-corrected chi connectivity index (χ4v) is 2.39. The van der Waals surface area contributed by atoms with Crippen LogP contribution in [-0.4, -0.2) is 40.0 Å². The fourth-order valence-electron chi connectivity index (χ4n) is 2.39. The molecule has 2 rings (SSSR count). The maximum atomic E-state index is 11.8. The predicted octanol–water partition coefficient (Wildman–Crippen LogP) is 0.315. The van der Waals surface area contributed by atoms with Crippen LogP contribution in [-0.2, 0) is 11.3 Å². The molecule has 1 aliphatic carbocycles. The molecule has 0 aliphatic heterocycles. The van der Waals surface area contributed by atoms with Crippen LogP contribution in [0.5, 0.6) is 0 Å². The molecule has 0 bridgehead atoms. The first-order valence-electron chi connectivity index (χ1n) is 6.58. The monoisotopic (exact) mass is 251 g/mol. The van der Waals surface area contributed by atoms with E-state index in [-0.39, 0.29) is 5.91 Å². The standard InChI is InChI=1S/C12H21N5O/c1-13-10-2-4-11(5-3-10)15-12(18)6-8-17-9-7-14-16-17/h7,9-11,13H,2-6,8H2,1H3,(H,15,18). The molecule has 1 fully saturated rings. The first kappa shape index (κ1) is 13.0. The van der Waals surface area contributed by atoms with Crippen LogP contribution in [0.4, 0.5) is 0 Å². The number of nitrogens with one attached hydrogen (secondary N) is 2. The molecule has 1 amide bonds. The molecular weight excluding hydrogens is 230 g/mol. The molecule has 2 N–H and O–H groups in total. The van der Waals surface area contributed by atoms with Crippen LogP contribution in [0.1, 0.15) is 32.1 Å². The highest BCUT2D eigenvalue weighted by Crippen LogP contribution is 2.18. The number of hydrogen-bond donors (Lipinski definition) is 2. The van der Waals surface area contributed by atoms with E-state index in [2.05, 4.69) is 20.9 Å². The van der Waals surface area contributed by atoms with Crippen LogP contribution in [0.3, 0.4) is 0 Å². The maximum Gasteiger partial charge on any atom is 0.222 e. The summed E-state index contributed by atoms with van der Waals surface area (Å²) in [4.78, 5) is 11.8. The summed E-state index contributed by atoms with van der Waals surface area (Å²) in [7, 11) is 2.00. The third kappa shape index (κ3) is 3.80. The van der Waals surface area contributed by atoms with Gasteiger partial charge in [0.15, 0.2) is 0 Å². The molecule has 6 heteroatoms. The molecule has 6 nitrogen and oxygen atoms in total. The van der Waals surface area contributed by atoms with Crippen molar-refractivity contribution in [1.82, 2.24) is 25.6 Å². The Bertz CT molecular complexity index is 357. The topological polar surface area (TPSA) is 71.8 Å². The lowest BCUT2D eigenvalue weighted by Gasteiger charge is -2.28. The molecule has 1 saturated carbocycles. The van der Waals surface area contributed by atoms with E-state index in [1.54, 1.807) is 17.1 Å². The molecule has 1 aliphatic rings. The van der Waals surface area contributed by atoms with Crippen molar-refractivity contribution < 1.29 is 4.79 Å². The van der Waals surface area contributed by atoms with Gasteiger partial charge in [0.1, 0.15) is 0 Å². The van der Waals surface area contributed by atoms with Crippen LogP contribution in [0.25, 0.3) is 0 Å². The smallest absolute Gasteiger partial charge is 0.222 e. The number of aryl methyl sites for hydroxylation is 1. The van der Waals surface area contributed by atoms with E-state index < -0.39 is 0 Å². The number of carbonyl (C=O) groups is 1. The largest absolute Gasteiger partial charge is 0.353 e. The molecule has 1 aromatic heterocycles. The van der Waals surface area contributed by atoms with Gasteiger partial charge >= 0.3 is 0 Å². The van der Waals surface area contributed by atoms with Gasteiger partial charge in [-0.25, -0.2) is 0 Å². The molecule has 0 unspecified atom stereocenters. The zero-order valence-electron chi connectivity index (χ0n) is 10.8. The SMILES string of the molecule is CNC1CCC(NC(=O)CCn2ccnn2)CC1. The number of aromatic nitrogens is 3. The minimum atomic E-state index is 0.110. The minimum absolute atomic E-state index is 0.110. The molecular formula is C12H21N5O. The Morgan fingerprint density at radius 3 is 2.67 bits per heavy atom. The predicted molar refractivity (Wildman–Crippen MR) is 67.9 cm³/mol. The lowest BCUT2D eigenvalue weighted by Crippen LogP contribution is -2.41. The lowest BCUT2D eigenvalue weighted by atomic mass is 9.91. The highest BCUT2D eigenvalue weighted by molar-refractivity contribution is 5.76. The highest BCUT2D eigenvalue weighted by Gasteiger charge is 2.20. The molecule has 0 aromatic carbocycles. The minimum Gasteiger partial charge on any atom is -0.353 e. The first-order valence-corrected chi connectivity index (χ1v) is 6.58. The normalized spacial score (nSPS) is 23.8. The molecule has 0 saturated heterocycles. The van der Waals surface area contributed by atoms with E-state index in [0.717, 1.165) is 25.7 Å². The quantitative estimate of drug-likeness (QED) is 0.790. The van der Waals surface area contributed by atoms with Crippen LogP contribution in [0, 0.1) is 0 Å². The average Bonchev–Trinajstić information content (AvgIpc) is 2.90. The van der Waals surface area contributed by atoms with Gasteiger partial charge in [-0.3, -0.25) is 9.48 Å². The summed E-state index contributed by atoms with van der Waals surface area (Å²) in [5.74, 6) is 0.110. The Kier molecular flexibility index (Phi) is 4.69. The summed E-state index contributed by atoms with van der Waals surface area (Å²) in [5.41, 5.74) is 0. The number of rotatable bonds is 5. The zero-order chi connectivity index (χ0) is 12.8. The Labute approximate surface area is 107 Å². The average molecular weight is 251 g/mol. The molecule has 100 valence electrons. The van der Waals surface area contributed by atoms with Crippen molar-refractivity contribution in [3.8, 4) is 0 Å². The van der Waals surface area contributed by atoms with Gasteiger partial charge in [0.2, 0.25) is 5.91 Å². The molecule has 18 heavy (non-hydrogen) atoms. The Morgan fingerprint density at radius 1 is 1.33 bits per heavy atom. The van der Waals surface area contributed by atoms with Gasteiger partial charge in [-0.05, 0) is 32.7 Å². The van der Waals surface area contributed by atoms with Crippen molar-refractivity contribution in [3.63, 3.8) is 0 Å². The van der Waals surface area contributed by atoms with Gasteiger partial charge < -0.3 is 10.6 Å². The fraction of sp³-hybridized carbons (Fsp3) is 0.750. The van der Waals surface area contributed by atoms with E-state index >= 15 is 0 Å². The van der Waals surface area contributed by atoms with Crippen molar-refractivity contribution >= 4 is 5.91 Å². The molecule has 1 heterocycles. The third-order valence-electron chi connectivity index (χ3n) is 3.54. The van der Waals surface area contributed by atoms with E-state index in [4.69, 9.17) is 0 Å². The Balaban J connectivity index is 1.65. The van der Waals surface area contributed by atoms with E-state index in [1.807, 2.05) is 7.05 Å². The number of nitrogens with zero attached hydrogens (tertiary/aromatic N) is 3. The lowest BCUT2D eigenvalue weighted by molar-refractivity contribution is -0.122. The summed E-state index contributed by atoms with van der Waals surface area (Å²) in [5, 5.41) is 13.9. The van der Waals surface area contributed by atoms with Crippen molar-refractivity contribution in [3.05, 3.63) is 12.4 Å². The summed E-state index contributed by atoms with van der Waals surface area (Å²) in [6.07, 6.45) is 8.29. The molecule has 0 radical (unpaired) electrons. The number of amides is 1. The Hall–Kier alpha value is -1.43. The second kappa shape index (κ2) is 6.49. The van der Waals surface area contributed by atoms with E-state index in [1.165, 1.54) is 0 Å². The van der Waals surface area contributed by atoms with Crippen LogP contribution < -0.4 is 10.6 Å². The van der Waals surface area contributed by atoms with E-state index in [9.17, 15) is 4.79 Å². The van der Waals surface area contributed by atoms with Gasteiger partial charge in [0.05, 0.1) is 12.7 Å². The van der Waals surface area contributed by atoms with Gasteiger partial charge in [0, 0.05) is 24.7 Å². The molecule has 1 aromatic rings. The third-order valence-corrected chi connectivity index (χ3v) is 3.54. The maximum absolute atomic E-state index is 11.8. The Morgan fingerprint density at radius 2 is 2.06 bits per heavy atom. The van der Waals surface area contributed by atoms with Crippen LogP contribution >= 0.6 is 0 Å². The second-order valence-electron chi connectivity index (χ2n) is 4.82. The van der Waals surface area contributed by atoms with Crippen molar-refractivity contribution in [2.24, 2.45) is 0 Å². The van der Waals surface area contributed by atoms with Gasteiger partial charge in [-0.1, -0.05) is 5.21 Å². The molecule has 0 spiro atoms. The first-order chi connectivity index (χ1) is 8.78.